The smallest absolute Gasteiger partial charge is 0.306 e. The Hall–Kier alpha value is -1.17. The van der Waals surface area contributed by atoms with Gasteiger partial charge in [0.05, 0.1) is 30.5 Å². The highest BCUT2D eigenvalue weighted by molar-refractivity contribution is 5.69. The van der Waals surface area contributed by atoms with Crippen molar-refractivity contribution in [1.82, 2.24) is 0 Å². The Kier molecular flexibility index (Phi) is 14.0. The Balaban J connectivity index is 2.60. The van der Waals surface area contributed by atoms with Crippen molar-refractivity contribution in [3.63, 3.8) is 0 Å². The summed E-state index contributed by atoms with van der Waals surface area (Å²) in [6.07, 6.45) is 14.8. The van der Waals surface area contributed by atoms with Gasteiger partial charge in [-0.25, -0.2) is 0 Å². The van der Waals surface area contributed by atoms with E-state index in [4.69, 9.17) is 9.47 Å². The van der Waals surface area contributed by atoms with Crippen LogP contribution < -0.4 is 0 Å². The minimum Gasteiger partial charge on any atom is -0.463 e. The molecule has 1 fully saturated rings. The molecule has 0 unspecified atom stereocenters. The maximum absolute atomic E-state index is 11.6. The van der Waals surface area contributed by atoms with Gasteiger partial charge in [0.25, 0.3) is 0 Å². The molecule has 180 valence electrons. The third kappa shape index (κ3) is 11.9. The van der Waals surface area contributed by atoms with Crippen LogP contribution in [0.3, 0.4) is 0 Å². The molecular weight excluding hydrogens is 392 g/mol. The average molecular weight is 439 g/mol. The number of unbranched alkanes of at least 4 members (excludes halogenated alkanes) is 3. The van der Waals surface area contributed by atoms with Gasteiger partial charge in [0.2, 0.25) is 0 Å². The minimum absolute atomic E-state index is 0.0294. The van der Waals surface area contributed by atoms with Gasteiger partial charge in [0.1, 0.15) is 0 Å². The fourth-order valence-electron chi connectivity index (χ4n) is 4.19. The molecular formula is C26H46O5. The zero-order valence-corrected chi connectivity index (χ0v) is 20.3. The number of carbonyl (C=O) groups is 1. The number of ether oxygens (including phenoxy) is 2. The van der Waals surface area contributed by atoms with Crippen molar-refractivity contribution in [1.29, 1.82) is 0 Å². The molecule has 2 N–H and O–H groups in total. The summed E-state index contributed by atoms with van der Waals surface area (Å²) < 4.78 is 11.2. The standard InChI is InChI=1S/C26H46O5/c1-6-7-10-13-21(27)16-17-23-22(24(28)18-25(23)30-19(2)3)14-11-8-9-12-15-26(29)31-20(4)5/h8,11,16-17,19-25,27-28H,6-7,9-10,12-15,18H2,1-5H3/b11-8-,17-16+/t21-,22+,23+,24-,25+/m0/s1. The van der Waals surface area contributed by atoms with Crippen molar-refractivity contribution in [2.75, 3.05) is 0 Å². The van der Waals surface area contributed by atoms with E-state index < -0.39 is 12.2 Å². The van der Waals surface area contributed by atoms with Crippen molar-refractivity contribution >= 4 is 5.97 Å². The summed E-state index contributed by atoms with van der Waals surface area (Å²) in [7, 11) is 0. The molecule has 0 aliphatic heterocycles. The normalized spacial score (nSPS) is 25.3. The number of esters is 1. The molecule has 0 bridgehead atoms. The Morgan fingerprint density at radius 2 is 1.84 bits per heavy atom. The third-order valence-electron chi connectivity index (χ3n) is 5.69. The van der Waals surface area contributed by atoms with Crippen LogP contribution in [-0.4, -0.2) is 46.7 Å². The van der Waals surface area contributed by atoms with Crippen LogP contribution in [-0.2, 0) is 14.3 Å². The van der Waals surface area contributed by atoms with E-state index >= 15 is 0 Å². The first-order chi connectivity index (χ1) is 14.7. The third-order valence-corrected chi connectivity index (χ3v) is 5.69. The zero-order valence-electron chi connectivity index (χ0n) is 20.3. The molecule has 0 spiro atoms. The molecule has 1 aliphatic rings. The lowest BCUT2D eigenvalue weighted by molar-refractivity contribution is -0.147. The fourth-order valence-corrected chi connectivity index (χ4v) is 4.19. The van der Waals surface area contributed by atoms with E-state index in [0.29, 0.717) is 12.8 Å². The average Bonchev–Trinajstić information content (AvgIpc) is 2.96. The molecule has 0 heterocycles. The second-order valence-electron chi connectivity index (χ2n) is 9.35. The SMILES string of the molecule is CCCCC[C@H](O)/C=C/[C@@H]1[C@@H](C/C=C\CCCC(=O)OC(C)C)[C@@H](O)C[C@H]1OC(C)C. The van der Waals surface area contributed by atoms with Crippen LogP contribution in [0.2, 0.25) is 0 Å². The van der Waals surface area contributed by atoms with Gasteiger partial charge in [-0.15, -0.1) is 0 Å². The van der Waals surface area contributed by atoms with Crippen LogP contribution in [0.5, 0.6) is 0 Å². The fraction of sp³-hybridized carbons (Fsp3) is 0.808. The lowest BCUT2D eigenvalue weighted by Gasteiger charge is -2.24. The number of aliphatic hydroxyl groups is 2. The zero-order chi connectivity index (χ0) is 23.2. The van der Waals surface area contributed by atoms with Crippen LogP contribution in [0.25, 0.3) is 0 Å². The first kappa shape index (κ1) is 27.9. The number of hydrogen-bond donors (Lipinski definition) is 2. The first-order valence-corrected chi connectivity index (χ1v) is 12.3. The van der Waals surface area contributed by atoms with Crippen molar-refractivity contribution in [3.05, 3.63) is 24.3 Å². The Morgan fingerprint density at radius 3 is 2.48 bits per heavy atom. The molecule has 0 aromatic heterocycles. The second kappa shape index (κ2) is 15.6. The molecule has 0 aromatic rings. The van der Waals surface area contributed by atoms with Gasteiger partial charge in [0, 0.05) is 18.8 Å². The van der Waals surface area contributed by atoms with Crippen LogP contribution in [0.4, 0.5) is 0 Å². The van der Waals surface area contributed by atoms with Crippen molar-refractivity contribution in [2.24, 2.45) is 11.8 Å². The highest BCUT2D eigenvalue weighted by Gasteiger charge is 2.41. The molecule has 5 heteroatoms. The van der Waals surface area contributed by atoms with E-state index in [1.807, 2.05) is 33.8 Å². The van der Waals surface area contributed by atoms with Crippen molar-refractivity contribution in [3.8, 4) is 0 Å². The summed E-state index contributed by atoms with van der Waals surface area (Å²) in [4.78, 5) is 11.6. The van der Waals surface area contributed by atoms with Gasteiger partial charge in [-0.3, -0.25) is 4.79 Å². The topological polar surface area (TPSA) is 76.0 Å². The minimum atomic E-state index is -0.439. The summed E-state index contributed by atoms with van der Waals surface area (Å²) in [5.74, 6) is 0.0138. The number of allylic oxidation sites excluding steroid dienone is 2. The Bertz CT molecular complexity index is 540. The van der Waals surface area contributed by atoms with Gasteiger partial charge >= 0.3 is 5.97 Å². The Morgan fingerprint density at radius 1 is 1.10 bits per heavy atom. The Labute approximate surface area is 189 Å². The van der Waals surface area contributed by atoms with Gasteiger partial charge in [-0.2, -0.15) is 0 Å². The van der Waals surface area contributed by atoms with Gasteiger partial charge in [0.15, 0.2) is 0 Å². The number of carbonyl (C=O) groups excluding carboxylic acids is 1. The summed E-state index contributed by atoms with van der Waals surface area (Å²) in [5, 5.41) is 21.0. The molecule has 0 radical (unpaired) electrons. The maximum atomic E-state index is 11.6. The number of hydrogen-bond acceptors (Lipinski definition) is 5. The summed E-state index contributed by atoms with van der Waals surface area (Å²) in [5.41, 5.74) is 0. The van der Waals surface area contributed by atoms with E-state index in [2.05, 4.69) is 25.2 Å². The largest absolute Gasteiger partial charge is 0.463 e. The summed E-state index contributed by atoms with van der Waals surface area (Å²) in [6.45, 7) is 9.91. The van der Waals surface area contributed by atoms with E-state index in [9.17, 15) is 15.0 Å². The van der Waals surface area contributed by atoms with Crippen LogP contribution >= 0.6 is 0 Å². The maximum Gasteiger partial charge on any atom is 0.306 e. The lowest BCUT2D eigenvalue weighted by atomic mass is 9.89. The van der Waals surface area contributed by atoms with Crippen LogP contribution in [0, 0.1) is 11.8 Å². The van der Waals surface area contributed by atoms with E-state index in [1.54, 1.807) is 0 Å². The molecule has 1 aliphatic carbocycles. The van der Waals surface area contributed by atoms with Crippen molar-refractivity contribution < 1.29 is 24.5 Å². The predicted octanol–water partition coefficient (Wildman–Crippen LogP) is 5.34. The quantitative estimate of drug-likeness (QED) is 0.205. The van der Waals surface area contributed by atoms with Crippen molar-refractivity contribution in [2.45, 2.75) is 123 Å². The molecule has 0 aromatic carbocycles. The van der Waals surface area contributed by atoms with E-state index in [-0.39, 0.29) is 36.1 Å². The molecule has 5 nitrogen and oxygen atoms in total. The number of rotatable bonds is 15. The summed E-state index contributed by atoms with van der Waals surface area (Å²) in [6, 6.07) is 0. The molecule has 0 amide bonds. The highest BCUT2D eigenvalue weighted by Crippen LogP contribution is 2.38. The molecule has 1 rings (SSSR count). The monoisotopic (exact) mass is 438 g/mol. The molecule has 0 saturated heterocycles. The first-order valence-electron chi connectivity index (χ1n) is 12.3. The molecule has 5 atom stereocenters. The lowest BCUT2D eigenvalue weighted by Crippen LogP contribution is -2.24. The highest BCUT2D eigenvalue weighted by atomic mass is 16.5. The molecule has 1 saturated carbocycles. The summed E-state index contributed by atoms with van der Waals surface area (Å²) >= 11 is 0. The van der Waals surface area contributed by atoms with Gasteiger partial charge in [-0.05, 0) is 59.3 Å². The van der Waals surface area contributed by atoms with E-state index in [0.717, 1.165) is 44.9 Å². The van der Waals surface area contributed by atoms with Gasteiger partial charge < -0.3 is 19.7 Å². The second-order valence-corrected chi connectivity index (χ2v) is 9.35. The van der Waals surface area contributed by atoms with E-state index in [1.165, 1.54) is 0 Å². The number of aliphatic hydroxyl groups excluding tert-OH is 2. The predicted molar refractivity (Wildman–Crippen MR) is 126 cm³/mol. The van der Waals surface area contributed by atoms with Gasteiger partial charge in [-0.1, -0.05) is 50.5 Å². The van der Waals surface area contributed by atoms with Crippen LogP contribution in [0.15, 0.2) is 24.3 Å². The van der Waals surface area contributed by atoms with Crippen LogP contribution in [0.1, 0.15) is 92.4 Å². The molecule has 31 heavy (non-hydrogen) atoms.